The van der Waals surface area contributed by atoms with Crippen LogP contribution < -0.4 is 15.0 Å². The Bertz CT molecular complexity index is 1020. The van der Waals surface area contributed by atoms with Gasteiger partial charge >= 0.3 is 0 Å². The summed E-state index contributed by atoms with van der Waals surface area (Å²) < 4.78 is 28.5. The molecule has 2 unspecified atom stereocenters. The van der Waals surface area contributed by atoms with Gasteiger partial charge in [-0.2, -0.15) is 4.98 Å². The Labute approximate surface area is 176 Å². The van der Waals surface area contributed by atoms with E-state index in [0.29, 0.717) is 17.7 Å². The van der Waals surface area contributed by atoms with Gasteiger partial charge in [0.25, 0.3) is 5.91 Å². The van der Waals surface area contributed by atoms with Gasteiger partial charge in [-0.3, -0.25) is 4.79 Å². The Balaban J connectivity index is 1.88. The molecule has 1 fully saturated rings. The average Bonchev–Trinajstić information content (AvgIpc) is 3.12. The Morgan fingerprint density at radius 3 is 2.70 bits per heavy atom. The number of aromatic nitrogens is 2. The van der Waals surface area contributed by atoms with E-state index in [0.717, 1.165) is 31.1 Å². The van der Waals surface area contributed by atoms with Crippen molar-refractivity contribution in [3.63, 3.8) is 0 Å². The van der Waals surface area contributed by atoms with E-state index in [-0.39, 0.29) is 11.4 Å². The summed E-state index contributed by atoms with van der Waals surface area (Å²) in [6.07, 6.45) is 6.08. The first-order valence-electron chi connectivity index (χ1n) is 9.78. The minimum Gasteiger partial charge on any atom is -0.438 e. The predicted octanol–water partition coefficient (Wildman–Crippen LogP) is 2.93. The van der Waals surface area contributed by atoms with Gasteiger partial charge in [0.1, 0.15) is 11.3 Å². The molecule has 160 valence electrons. The van der Waals surface area contributed by atoms with Crippen LogP contribution in [0.3, 0.4) is 0 Å². The second-order valence-corrected chi connectivity index (χ2v) is 9.34. The van der Waals surface area contributed by atoms with Crippen LogP contribution in [0.25, 0.3) is 0 Å². The Morgan fingerprint density at radius 1 is 1.33 bits per heavy atom. The third-order valence-electron chi connectivity index (χ3n) is 4.73. The fraction of sp³-hybridized carbons (Fsp3) is 0.381. The first kappa shape index (κ1) is 21.8. The van der Waals surface area contributed by atoms with Crippen molar-refractivity contribution in [3.05, 3.63) is 53.6 Å². The van der Waals surface area contributed by atoms with Crippen molar-refractivity contribution in [1.29, 1.82) is 0 Å². The number of ether oxygens (including phenoxy) is 1. The number of hydrogen-bond acceptors (Lipinski definition) is 7. The van der Waals surface area contributed by atoms with Crippen molar-refractivity contribution in [3.8, 4) is 11.6 Å². The van der Waals surface area contributed by atoms with Crippen molar-refractivity contribution in [2.75, 3.05) is 17.7 Å². The topological polar surface area (TPSA) is 101 Å². The van der Waals surface area contributed by atoms with Crippen molar-refractivity contribution in [2.45, 2.75) is 38.8 Å². The lowest BCUT2D eigenvalue weighted by molar-refractivity contribution is 0.0943. The van der Waals surface area contributed by atoms with Gasteiger partial charge in [-0.15, -0.1) is 0 Å². The van der Waals surface area contributed by atoms with E-state index in [9.17, 15) is 13.2 Å². The molecule has 1 N–H and O–H groups in total. The van der Waals surface area contributed by atoms with Gasteiger partial charge in [-0.1, -0.05) is 24.3 Å². The molecule has 0 aliphatic carbocycles. The molecule has 9 heteroatoms. The van der Waals surface area contributed by atoms with Crippen molar-refractivity contribution in [2.24, 2.45) is 0 Å². The minimum atomic E-state index is -3.28. The van der Waals surface area contributed by atoms with E-state index >= 15 is 0 Å². The number of carbonyl (C=O) groups excluding carboxylic acids is 1. The summed E-state index contributed by atoms with van der Waals surface area (Å²) in [4.78, 5) is 23.8. The van der Waals surface area contributed by atoms with Gasteiger partial charge in [0, 0.05) is 36.5 Å². The summed E-state index contributed by atoms with van der Waals surface area (Å²) >= 11 is 0. The van der Waals surface area contributed by atoms with Crippen molar-refractivity contribution in [1.82, 2.24) is 15.3 Å². The predicted molar refractivity (Wildman–Crippen MR) is 116 cm³/mol. The molecule has 0 bridgehead atoms. The second kappa shape index (κ2) is 9.25. The molecule has 30 heavy (non-hydrogen) atoms. The van der Waals surface area contributed by atoms with Crippen LogP contribution in [0.2, 0.25) is 0 Å². The van der Waals surface area contributed by atoms with Gasteiger partial charge in [-0.25, -0.2) is 13.4 Å². The largest absolute Gasteiger partial charge is 0.438 e. The lowest BCUT2D eigenvalue weighted by Gasteiger charge is -2.22. The van der Waals surface area contributed by atoms with Crippen LogP contribution in [0.4, 0.5) is 5.95 Å². The standard InChI is InChI=1S/C21H26N4O4S/c1-15(11-13-30(3,27)28)23-19(26)18-14-22-21(25-12-7-8-16(25)2)24-20(18)29-17-9-5-4-6-10-17/h4-6,9-11,13-16H,7-8,12H2,1-3H3,(H,23,26)/b13-11+. The number of benzene rings is 1. The summed E-state index contributed by atoms with van der Waals surface area (Å²) in [6.45, 7) is 4.65. The van der Waals surface area contributed by atoms with Crippen LogP contribution >= 0.6 is 0 Å². The number of carbonyl (C=O) groups is 1. The fourth-order valence-corrected chi connectivity index (χ4v) is 3.67. The molecule has 1 amide bonds. The number of rotatable bonds is 7. The molecule has 0 spiro atoms. The highest BCUT2D eigenvalue weighted by molar-refractivity contribution is 7.93. The van der Waals surface area contributed by atoms with E-state index < -0.39 is 21.8 Å². The molecule has 2 heterocycles. The number of amides is 1. The number of nitrogens with one attached hydrogen (secondary N) is 1. The van der Waals surface area contributed by atoms with Crippen LogP contribution in [0.5, 0.6) is 11.6 Å². The number of anilines is 1. The molecule has 1 aromatic carbocycles. The van der Waals surface area contributed by atoms with E-state index in [2.05, 4.69) is 27.1 Å². The lowest BCUT2D eigenvalue weighted by Crippen LogP contribution is -2.32. The SMILES string of the molecule is CC(/C=C/S(C)(=O)=O)NC(=O)c1cnc(N2CCCC2C)nc1Oc1ccccc1. The highest BCUT2D eigenvalue weighted by Crippen LogP contribution is 2.28. The summed E-state index contributed by atoms with van der Waals surface area (Å²) in [5.41, 5.74) is 0.175. The number of nitrogens with zero attached hydrogens (tertiary/aromatic N) is 3. The smallest absolute Gasteiger partial charge is 0.258 e. The summed E-state index contributed by atoms with van der Waals surface area (Å²) in [5.74, 6) is 0.776. The average molecular weight is 431 g/mol. The van der Waals surface area contributed by atoms with E-state index in [4.69, 9.17) is 4.74 Å². The summed E-state index contributed by atoms with van der Waals surface area (Å²) in [6, 6.07) is 8.90. The minimum absolute atomic E-state index is 0.155. The zero-order valence-electron chi connectivity index (χ0n) is 17.3. The van der Waals surface area contributed by atoms with Gasteiger partial charge < -0.3 is 15.0 Å². The molecular weight excluding hydrogens is 404 g/mol. The zero-order valence-corrected chi connectivity index (χ0v) is 18.1. The molecule has 0 radical (unpaired) electrons. The van der Waals surface area contributed by atoms with Crippen LogP contribution in [0.15, 0.2) is 48.0 Å². The van der Waals surface area contributed by atoms with Crippen molar-refractivity contribution >= 4 is 21.7 Å². The quantitative estimate of drug-likeness (QED) is 0.720. The van der Waals surface area contributed by atoms with Crippen LogP contribution in [0.1, 0.15) is 37.0 Å². The van der Waals surface area contributed by atoms with Crippen LogP contribution in [-0.4, -0.2) is 49.2 Å². The molecule has 8 nitrogen and oxygen atoms in total. The third-order valence-corrected chi connectivity index (χ3v) is 5.38. The lowest BCUT2D eigenvalue weighted by atomic mass is 10.2. The van der Waals surface area contributed by atoms with Crippen molar-refractivity contribution < 1.29 is 17.9 Å². The summed E-state index contributed by atoms with van der Waals surface area (Å²) in [7, 11) is -3.28. The maximum absolute atomic E-state index is 12.8. The molecule has 1 aliphatic rings. The number of para-hydroxylation sites is 1. The van der Waals surface area contributed by atoms with Gasteiger partial charge in [0.15, 0.2) is 9.84 Å². The molecule has 1 aliphatic heterocycles. The van der Waals surface area contributed by atoms with Gasteiger partial charge in [-0.05, 0) is 38.8 Å². The molecular formula is C21H26N4O4S. The molecule has 0 saturated carbocycles. The monoisotopic (exact) mass is 430 g/mol. The Morgan fingerprint density at radius 2 is 2.07 bits per heavy atom. The zero-order chi connectivity index (χ0) is 21.7. The van der Waals surface area contributed by atoms with Crippen LogP contribution in [-0.2, 0) is 9.84 Å². The van der Waals surface area contributed by atoms with Gasteiger partial charge in [0.05, 0.1) is 0 Å². The first-order valence-corrected chi connectivity index (χ1v) is 11.7. The van der Waals surface area contributed by atoms with E-state index in [1.807, 2.05) is 18.2 Å². The highest BCUT2D eigenvalue weighted by atomic mass is 32.2. The Kier molecular flexibility index (Phi) is 6.71. The number of hydrogen-bond donors (Lipinski definition) is 1. The number of sulfone groups is 1. The maximum Gasteiger partial charge on any atom is 0.258 e. The van der Waals surface area contributed by atoms with Gasteiger partial charge in [0.2, 0.25) is 11.8 Å². The normalized spacial score (nSPS) is 17.8. The fourth-order valence-electron chi connectivity index (χ4n) is 3.15. The molecule has 3 rings (SSSR count). The third kappa shape index (κ3) is 5.79. The Hall–Kier alpha value is -2.94. The molecule has 1 saturated heterocycles. The first-order chi connectivity index (χ1) is 14.2. The maximum atomic E-state index is 12.8. The summed E-state index contributed by atoms with van der Waals surface area (Å²) in [5, 5.41) is 3.79. The van der Waals surface area contributed by atoms with E-state index in [1.54, 1.807) is 19.1 Å². The second-order valence-electron chi connectivity index (χ2n) is 7.41. The molecule has 2 aromatic rings. The molecule has 2 atom stereocenters. The highest BCUT2D eigenvalue weighted by Gasteiger charge is 2.25. The van der Waals surface area contributed by atoms with E-state index in [1.165, 1.54) is 12.3 Å². The molecule has 1 aromatic heterocycles. The van der Waals surface area contributed by atoms with Crippen LogP contribution in [0, 0.1) is 0 Å².